The summed E-state index contributed by atoms with van der Waals surface area (Å²) in [6, 6.07) is 13.0. The van der Waals surface area contributed by atoms with Crippen LogP contribution in [0.15, 0.2) is 42.5 Å². The molecule has 0 unspecified atom stereocenters. The highest BCUT2D eigenvalue weighted by atomic mass is 35.5. The average Bonchev–Trinajstić information content (AvgIpc) is 2.61. The summed E-state index contributed by atoms with van der Waals surface area (Å²) in [4.78, 5) is 23.3. The molecule has 0 saturated carbocycles. The third-order valence-corrected chi connectivity index (χ3v) is 4.69. The molecule has 0 aliphatic rings. The molecule has 0 bridgehead atoms. The van der Waals surface area contributed by atoms with Crippen molar-refractivity contribution in [1.29, 1.82) is 0 Å². The number of halogens is 1. The minimum atomic E-state index is -1.07. The molecule has 0 spiro atoms. The number of aryl methyl sites for hydroxylation is 2. The smallest absolute Gasteiger partial charge is 0.303 e. The fourth-order valence-corrected chi connectivity index (χ4v) is 3.06. The van der Waals surface area contributed by atoms with E-state index < -0.39 is 11.6 Å². The van der Waals surface area contributed by atoms with Crippen LogP contribution in [0.4, 0.5) is 0 Å². The van der Waals surface area contributed by atoms with E-state index in [2.05, 4.69) is 5.32 Å². The van der Waals surface area contributed by atoms with Gasteiger partial charge in [-0.3, -0.25) is 9.59 Å². The Morgan fingerprint density at radius 3 is 2.57 bits per heavy atom. The molecule has 1 amide bonds. The SMILES string of the molecule is Cc1ccc(CCNC(=O)C(C)(C)Oc2cccc(CCC(=O)O)c2)c(Cl)c1. The molecule has 0 fully saturated rings. The van der Waals surface area contributed by atoms with Crippen LogP contribution in [0, 0.1) is 6.92 Å². The number of amides is 1. The van der Waals surface area contributed by atoms with Crippen LogP contribution in [0.2, 0.25) is 5.02 Å². The van der Waals surface area contributed by atoms with Crippen molar-refractivity contribution in [2.75, 3.05) is 6.54 Å². The maximum Gasteiger partial charge on any atom is 0.303 e. The summed E-state index contributed by atoms with van der Waals surface area (Å²) in [6.45, 7) is 5.83. The number of hydrogen-bond acceptors (Lipinski definition) is 3. The van der Waals surface area contributed by atoms with Gasteiger partial charge in [-0.2, -0.15) is 0 Å². The molecular formula is C22H26ClNO4. The van der Waals surface area contributed by atoms with Gasteiger partial charge in [0.2, 0.25) is 0 Å². The van der Waals surface area contributed by atoms with Crippen LogP contribution in [0.3, 0.4) is 0 Å². The Balaban J connectivity index is 1.91. The van der Waals surface area contributed by atoms with E-state index in [4.69, 9.17) is 21.4 Å². The lowest BCUT2D eigenvalue weighted by atomic mass is 10.1. The lowest BCUT2D eigenvalue weighted by Gasteiger charge is -2.25. The van der Waals surface area contributed by atoms with Crippen LogP contribution in [0.25, 0.3) is 0 Å². The molecule has 150 valence electrons. The van der Waals surface area contributed by atoms with Crippen LogP contribution in [0.1, 0.15) is 37.0 Å². The van der Waals surface area contributed by atoms with E-state index in [1.54, 1.807) is 32.0 Å². The Kier molecular flexibility index (Phi) is 7.46. The van der Waals surface area contributed by atoms with Crippen molar-refractivity contribution < 1.29 is 19.4 Å². The van der Waals surface area contributed by atoms with Gasteiger partial charge in [0.05, 0.1) is 0 Å². The van der Waals surface area contributed by atoms with Crippen LogP contribution in [0.5, 0.6) is 5.75 Å². The predicted molar refractivity (Wildman–Crippen MR) is 110 cm³/mol. The number of nitrogens with one attached hydrogen (secondary N) is 1. The third kappa shape index (κ3) is 6.57. The molecule has 2 rings (SSSR count). The van der Waals surface area contributed by atoms with E-state index in [1.165, 1.54) is 0 Å². The summed E-state index contributed by atoms with van der Waals surface area (Å²) in [5.74, 6) is -0.545. The van der Waals surface area contributed by atoms with Gasteiger partial charge in [-0.25, -0.2) is 0 Å². The molecule has 0 heterocycles. The van der Waals surface area contributed by atoms with Crippen molar-refractivity contribution in [1.82, 2.24) is 5.32 Å². The van der Waals surface area contributed by atoms with Crippen molar-refractivity contribution in [2.45, 2.75) is 45.6 Å². The van der Waals surface area contributed by atoms with Crippen molar-refractivity contribution in [2.24, 2.45) is 0 Å². The maximum atomic E-state index is 12.6. The molecule has 28 heavy (non-hydrogen) atoms. The highest BCUT2D eigenvalue weighted by molar-refractivity contribution is 6.31. The summed E-state index contributed by atoms with van der Waals surface area (Å²) < 4.78 is 5.87. The second kappa shape index (κ2) is 9.60. The quantitative estimate of drug-likeness (QED) is 0.658. The zero-order valence-electron chi connectivity index (χ0n) is 16.4. The standard InChI is InChI=1S/C22H26ClNO4/c1-15-7-9-17(19(23)13-15)11-12-24-21(27)22(2,3)28-18-6-4-5-16(14-18)8-10-20(25)26/h4-7,9,13-14H,8,10-12H2,1-3H3,(H,24,27)(H,25,26). The van der Waals surface area contributed by atoms with E-state index >= 15 is 0 Å². The van der Waals surface area contributed by atoms with E-state index in [1.807, 2.05) is 31.2 Å². The molecule has 6 heteroatoms. The van der Waals surface area contributed by atoms with E-state index in [-0.39, 0.29) is 12.3 Å². The van der Waals surface area contributed by atoms with Gasteiger partial charge in [0.15, 0.2) is 5.60 Å². The van der Waals surface area contributed by atoms with Gasteiger partial charge in [0.1, 0.15) is 5.75 Å². The van der Waals surface area contributed by atoms with E-state index in [0.717, 1.165) is 16.7 Å². The molecule has 2 aromatic rings. The first-order valence-corrected chi connectivity index (χ1v) is 9.58. The van der Waals surface area contributed by atoms with Crippen LogP contribution < -0.4 is 10.1 Å². The molecule has 0 atom stereocenters. The molecule has 0 aromatic heterocycles. The molecule has 0 aliphatic heterocycles. The lowest BCUT2D eigenvalue weighted by molar-refractivity contribution is -0.137. The van der Waals surface area contributed by atoms with Crippen LogP contribution >= 0.6 is 11.6 Å². The van der Waals surface area contributed by atoms with Crippen molar-refractivity contribution in [3.63, 3.8) is 0 Å². The normalized spacial score (nSPS) is 11.1. The van der Waals surface area contributed by atoms with Crippen molar-refractivity contribution in [3.05, 3.63) is 64.2 Å². The minimum Gasteiger partial charge on any atom is -0.481 e. The molecule has 0 saturated heterocycles. The number of carboxylic acid groups (broad SMARTS) is 1. The first-order chi connectivity index (χ1) is 13.2. The Bertz CT molecular complexity index is 848. The first kappa shape index (κ1) is 21.8. The number of rotatable bonds is 9. The maximum absolute atomic E-state index is 12.6. The van der Waals surface area contributed by atoms with Gasteiger partial charge >= 0.3 is 5.97 Å². The van der Waals surface area contributed by atoms with Crippen LogP contribution in [-0.4, -0.2) is 29.1 Å². The van der Waals surface area contributed by atoms with Crippen LogP contribution in [-0.2, 0) is 22.4 Å². The average molecular weight is 404 g/mol. The molecule has 0 radical (unpaired) electrons. The zero-order chi connectivity index (χ0) is 20.7. The molecule has 2 N–H and O–H groups in total. The second-order valence-electron chi connectivity index (χ2n) is 7.25. The highest BCUT2D eigenvalue weighted by Crippen LogP contribution is 2.21. The molecule has 2 aromatic carbocycles. The number of ether oxygens (including phenoxy) is 1. The summed E-state index contributed by atoms with van der Waals surface area (Å²) in [7, 11) is 0. The third-order valence-electron chi connectivity index (χ3n) is 4.33. The Morgan fingerprint density at radius 2 is 1.89 bits per heavy atom. The fourth-order valence-electron chi connectivity index (χ4n) is 2.74. The number of benzene rings is 2. The van der Waals surface area contributed by atoms with Gasteiger partial charge in [-0.15, -0.1) is 0 Å². The zero-order valence-corrected chi connectivity index (χ0v) is 17.2. The summed E-state index contributed by atoms with van der Waals surface area (Å²) in [6.07, 6.45) is 1.09. The molecule has 5 nitrogen and oxygen atoms in total. The number of carboxylic acids is 1. The van der Waals surface area contributed by atoms with Gasteiger partial charge in [0.25, 0.3) is 5.91 Å². The van der Waals surface area contributed by atoms with Gasteiger partial charge in [0, 0.05) is 18.0 Å². The summed E-state index contributed by atoms with van der Waals surface area (Å²) in [5, 5.41) is 12.4. The van der Waals surface area contributed by atoms with Crippen molar-refractivity contribution >= 4 is 23.5 Å². The first-order valence-electron chi connectivity index (χ1n) is 9.20. The predicted octanol–water partition coefficient (Wildman–Crippen LogP) is 4.18. The van der Waals surface area contributed by atoms with E-state index in [9.17, 15) is 9.59 Å². The number of aliphatic carboxylic acids is 1. The number of carbonyl (C=O) groups excluding carboxylic acids is 1. The number of carbonyl (C=O) groups is 2. The van der Waals surface area contributed by atoms with Gasteiger partial charge in [-0.05, 0) is 68.5 Å². The second-order valence-corrected chi connectivity index (χ2v) is 7.66. The summed E-state index contributed by atoms with van der Waals surface area (Å²) >= 11 is 6.23. The Hall–Kier alpha value is -2.53. The number of hydrogen-bond donors (Lipinski definition) is 2. The fraction of sp³-hybridized carbons (Fsp3) is 0.364. The minimum absolute atomic E-state index is 0.0505. The Labute approximate surface area is 170 Å². The molecular weight excluding hydrogens is 378 g/mol. The summed E-state index contributed by atoms with van der Waals surface area (Å²) in [5.41, 5.74) is 1.86. The topological polar surface area (TPSA) is 75.6 Å². The highest BCUT2D eigenvalue weighted by Gasteiger charge is 2.29. The van der Waals surface area contributed by atoms with E-state index in [0.29, 0.717) is 30.2 Å². The molecule has 0 aliphatic carbocycles. The van der Waals surface area contributed by atoms with Gasteiger partial charge in [-0.1, -0.05) is 35.9 Å². The Morgan fingerprint density at radius 1 is 1.14 bits per heavy atom. The van der Waals surface area contributed by atoms with Gasteiger partial charge < -0.3 is 15.2 Å². The van der Waals surface area contributed by atoms with Crippen molar-refractivity contribution in [3.8, 4) is 5.75 Å². The largest absolute Gasteiger partial charge is 0.481 e. The lowest BCUT2D eigenvalue weighted by Crippen LogP contribution is -2.47. The monoisotopic (exact) mass is 403 g/mol.